The summed E-state index contributed by atoms with van der Waals surface area (Å²) in [6.45, 7) is 0. The van der Waals surface area contributed by atoms with E-state index in [0.717, 1.165) is 11.3 Å². The van der Waals surface area contributed by atoms with E-state index in [0.29, 0.717) is 15.8 Å². The number of nitrogens with zero attached hydrogens (tertiary/aromatic N) is 3. The highest BCUT2D eigenvalue weighted by atomic mass is 127. The molecule has 16 heavy (non-hydrogen) atoms. The zero-order chi connectivity index (χ0) is 12.1. The summed E-state index contributed by atoms with van der Waals surface area (Å²) in [7, 11) is 3.53. The van der Waals surface area contributed by atoms with Crippen LogP contribution in [0.4, 0.5) is 0 Å². The van der Waals surface area contributed by atoms with Gasteiger partial charge in [-0.3, -0.25) is 10.1 Å². The van der Waals surface area contributed by atoms with Crippen molar-refractivity contribution in [2.75, 3.05) is 7.05 Å². The van der Waals surface area contributed by atoms with Crippen LogP contribution in [0, 0.1) is 16.7 Å². The SMILES string of the molecule is CN/C=C(/Cc1cc(C#N)n(C)n1)C(=N)I. The van der Waals surface area contributed by atoms with Crippen LogP contribution in [-0.2, 0) is 13.5 Å². The second-order valence-electron chi connectivity index (χ2n) is 3.21. The maximum absolute atomic E-state index is 8.80. The number of nitrogens with one attached hydrogen (secondary N) is 2. The van der Waals surface area contributed by atoms with Gasteiger partial charge in [0.1, 0.15) is 11.8 Å². The second kappa shape index (κ2) is 5.65. The quantitative estimate of drug-likeness (QED) is 0.647. The topological polar surface area (TPSA) is 77.5 Å². The third-order valence-electron chi connectivity index (χ3n) is 2.02. The lowest BCUT2D eigenvalue weighted by Crippen LogP contribution is -2.04. The van der Waals surface area contributed by atoms with Crippen LogP contribution < -0.4 is 5.32 Å². The zero-order valence-electron chi connectivity index (χ0n) is 9.08. The molecule has 1 heterocycles. The van der Waals surface area contributed by atoms with Crippen molar-refractivity contribution in [3.8, 4) is 6.07 Å². The first-order valence-electron chi connectivity index (χ1n) is 4.62. The van der Waals surface area contributed by atoms with Gasteiger partial charge in [-0.2, -0.15) is 10.4 Å². The Bertz CT molecular complexity index is 466. The van der Waals surface area contributed by atoms with E-state index >= 15 is 0 Å². The minimum absolute atomic E-state index is 0.469. The number of hydrogen-bond acceptors (Lipinski definition) is 4. The number of aryl methyl sites for hydroxylation is 1. The highest BCUT2D eigenvalue weighted by molar-refractivity contribution is 14.1. The van der Waals surface area contributed by atoms with Crippen molar-refractivity contribution < 1.29 is 0 Å². The second-order valence-corrected chi connectivity index (χ2v) is 4.28. The van der Waals surface area contributed by atoms with E-state index in [4.69, 9.17) is 10.7 Å². The zero-order valence-corrected chi connectivity index (χ0v) is 11.2. The van der Waals surface area contributed by atoms with Gasteiger partial charge < -0.3 is 5.32 Å². The fourth-order valence-electron chi connectivity index (χ4n) is 1.28. The molecule has 0 atom stereocenters. The molecule has 0 saturated carbocycles. The third kappa shape index (κ3) is 3.06. The highest BCUT2D eigenvalue weighted by Gasteiger charge is 2.08. The van der Waals surface area contributed by atoms with Gasteiger partial charge in [0.15, 0.2) is 0 Å². The van der Waals surface area contributed by atoms with Crippen molar-refractivity contribution in [1.29, 1.82) is 10.7 Å². The number of aromatic nitrogens is 2. The van der Waals surface area contributed by atoms with Gasteiger partial charge in [-0.05, 0) is 28.7 Å². The third-order valence-corrected chi connectivity index (χ3v) is 2.71. The summed E-state index contributed by atoms with van der Waals surface area (Å²) in [5.41, 5.74) is 2.17. The summed E-state index contributed by atoms with van der Waals surface area (Å²) in [6, 6.07) is 3.80. The monoisotopic (exact) mass is 329 g/mol. The minimum Gasteiger partial charge on any atom is -0.394 e. The fraction of sp³-hybridized carbons (Fsp3) is 0.300. The molecule has 0 saturated heterocycles. The first-order valence-corrected chi connectivity index (χ1v) is 5.70. The van der Waals surface area contributed by atoms with Crippen molar-refractivity contribution in [2.45, 2.75) is 6.42 Å². The van der Waals surface area contributed by atoms with Crippen molar-refractivity contribution in [1.82, 2.24) is 15.1 Å². The van der Waals surface area contributed by atoms with Crippen LogP contribution in [0.5, 0.6) is 0 Å². The molecule has 1 aromatic rings. The molecule has 2 N–H and O–H groups in total. The van der Waals surface area contributed by atoms with Gasteiger partial charge >= 0.3 is 0 Å². The van der Waals surface area contributed by atoms with Crippen LogP contribution in [0.2, 0.25) is 0 Å². The van der Waals surface area contributed by atoms with Gasteiger partial charge in [0.05, 0.1) is 9.41 Å². The number of halogens is 1. The van der Waals surface area contributed by atoms with E-state index in [1.807, 2.05) is 22.6 Å². The van der Waals surface area contributed by atoms with E-state index in [-0.39, 0.29) is 0 Å². The molecule has 6 heteroatoms. The van der Waals surface area contributed by atoms with Crippen LogP contribution in [0.25, 0.3) is 0 Å². The largest absolute Gasteiger partial charge is 0.394 e. The molecule has 5 nitrogen and oxygen atoms in total. The lowest BCUT2D eigenvalue weighted by Gasteiger charge is -2.01. The maximum atomic E-state index is 8.80. The molecule has 0 bridgehead atoms. The fourth-order valence-corrected chi connectivity index (χ4v) is 1.63. The molecule has 0 amide bonds. The standard InChI is InChI=1S/C10H12IN5/c1-14-6-7(10(11)13)3-8-4-9(5-12)16(2)15-8/h4,6,13-14H,3H2,1-2H3/b7-6-,13-10?. The molecule has 0 aliphatic heterocycles. The Hall–Kier alpha value is -1.36. The Morgan fingerprint density at radius 1 is 1.81 bits per heavy atom. The molecular weight excluding hydrogens is 317 g/mol. The summed E-state index contributed by atoms with van der Waals surface area (Å²) < 4.78 is 2.01. The van der Waals surface area contributed by atoms with E-state index < -0.39 is 0 Å². The predicted molar refractivity (Wildman–Crippen MR) is 70.5 cm³/mol. The van der Waals surface area contributed by atoms with Gasteiger partial charge in [-0.15, -0.1) is 0 Å². The smallest absolute Gasteiger partial charge is 0.138 e. The van der Waals surface area contributed by atoms with Crippen molar-refractivity contribution in [3.63, 3.8) is 0 Å². The van der Waals surface area contributed by atoms with Gasteiger partial charge in [-0.25, -0.2) is 0 Å². The summed E-state index contributed by atoms with van der Waals surface area (Å²) in [6.07, 6.45) is 2.33. The number of rotatable bonds is 4. The molecule has 1 aromatic heterocycles. The van der Waals surface area contributed by atoms with E-state index in [9.17, 15) is 0 Å². The van der Waals surface area contributed by atoms with Crippen LogP contribution in [0.1, 0.15) is 11.4 Å². The lowest BCUT2D eigenvalue weighted by molar-refractivity contribution is 0.739. The summed E-state index contributed by atoms with van der Waals surface area (Å²) >= 11 is 1.95. The Morgan fingerprint density at radius 3 is 2.94 bits per heavy atom. The maximum Gasteiger partial charge on any atom is 0.138 e. The molecule has 0 aromatic carbocycles. The van der Waals surface area contributed by atoms with Gasteiger partial charge in [0.25, 0.3) is 0 Å². The lowest BCUT2D eigenvalue weighted by atomic mass is 10.1. The molecule has 0 unspecified atom stereocenters. The first kappa shape index (κ1) is 12.7. The molecule has 0 aliphatic carbocycles. The predicted octanol–water partition coefficient (Wildman–Crippen LogP) is 1.35. The Balaban J connectivity index is 2.91. The Labute approximate surface area is 108 Å². The van der Waals surface area contributed by atoms with Crippen molar-refractivity contribution in [2.24, 2.45) is 7.05 Å². The Kier molecular flexibility index (Phi) is 4.49. The number of hydrogen-bond donors (Lipinski definition) is 2. The van der Waals surface area contributed by atoms with Gasteiger partial charge in [0, 0.05) is 32.3 Å². The van der Waals surface area contributed by atoms with E-state index in [1.54, 1.807) is 31.0 Å². The molecule has 1 rings (SSSR count). The molecule has 0 radical (unpaired) electrons. The van der Waals surface area contributed by atoms with E-state index in [1.165, 1.54) is 0 Å². The first-order chi connectivity index (χ1) is 7.58. The molecule has 84 valence electrons. The normalized spacial score (nSPS) is 11.0. The van der Waals surface area contributed by atoms with Crippen molar-refractivity contribution in [3.05, 3.63) is 29.2 Å². The van der Waals surface area contributed by atoms with Crippen LogP contribution in [0.15, 0.2) is 17.8 Å². The summed E-state index contributed by atoms with van der Waals surface area (Å²) in [4.78, 5) is 0. The Morgan fingerprint density at radius 2 is 2.50 bits per heavy atom. The van der Waals surface area contributed by atoms with Gasteiger partial charge in [-0.1, -0.05) is 0 Å². The molecule has 0 spiro atoms. The van der Waals surface area contributed by atoms with Crippen LogP contribution >= 0.6 is 22.6 Å². The number of nitriles is 1. The number of allylic oxidation sites excluding steroid dienone is 1. The van der Waals surface area contributed by atoms with Gasteiger partial charge in [0.2, 0.25) is 0 Å². The highest BCUT2D eigenvalue weighted by Crippen LogP contribution is 2.11. The van der Waals surface area contributed by atoms with Crippen LogP contribution in [0.3, 0.4) is 0 Å². The minimum atomic E-state index is 0.469. The molecule has 0 fully saturated rings. The summed E-state index contributed by atoms with van der Waals surface area (Å²) in [5.74, 6) is 0. The molecule has 0 aliphatic rings. The molecular formula is C10H12IN5. The van der Waals surface area contributed by atoms with Crippen LogP contribution in [-0.4, -0.2) is 20.5 Å². The van der Waals surface area contributed by atoms with Crippen molar-refractivity contribution >= 4 is 26.3 Å². The van der Waals surface area contributed by atoms with E-state index in [2.05, 4.69) is 16.5 Å². The summed E-state index contributed by atoms with van der Waals surface area (Å²) in [5, 5.41) is 23.5. The average molecular weight is 329 g/mol. The average Bonchev–Trinajstić information content (AvgIpc) is 2.58.